The van der Waals surface area contributed by atoms with Crippen LogP contribution in [0.15, 0.2) is 24.3 Å². The predicted molar refractivity (Wildman–Crippen MR) is 93.5 cm³/mol. The number of amides is 1. The van der Waals surface area contributed by atoms with Crippen LogP contribution in [0, 0.1) is 6.92 Å². The fourth-order valence-electron chi connectivity index (χ4n) is 3.39. The molecule has 2 aromatic rings. The molecule has 0 spiro atoms. The summed E-state index contributed by atoms with van der Waals surface area (Å²) in [6.45, 7) is 4.67. The van der Waals surface area contributed by atoms with Crippen molar-refractivity contribution in [3.63, 3.8) is 0 Å². The van der Waals surface area contributed by atoms with Crippen molar-refractivity contribution in [2.45, 2.75) is 39.3 Å². The van der Waals surface area contributed by atoms with E-state index in [1.54, 1.807) is 4.90 Å². The van der Waals surface area contributed by atoms with Gasteiger partial charge in [0, 0.05) is 12.6 Å². The standard InChI is InChI=1S/C17H23N3O3S/c1-3-9-19(14-8-10-24(22,23)12-14)17(21)11-20-13(2)18-15-6-4-5-7-16(15)20/h4-7,14H,3,8-12H2,1-2H3. The summed E-state index contributed by atoms with van der Waals surface area (Å²) >= 11 is 0. The van der Waals surface area contributed by atoms with Crippen molar-refractivity contribution < 1.29 is 13.2 Å². The number of hydrogen-bond acceptors (Lipinski definition) is 4. The minimum absolute atomic E-state index is 0.0368. The highest BCUT2D eigenvalue weighted by molar-refractivity contribution is 7.91. The van der Waals surface area contributed by atoms with Crippen molar-refractivity contribution in [1.29, 1.82) is 0 Å². The second kappa shape index (κ2) is 6.55. The molecule has 130 valence electrons. The lowest BCUT2D eigenvalue weighted by molar-refractivity contribution is -0.133. The zero-order chi connectivity index (χ0) is 17.3. The molecule has 1 aliphatic rings. The van der Waals surface area contributed by atoms with Gasteiger partial charge in [-0.3, -0.25) is 4.79 Å². The van der Waals surface area contributed by atoms with Gasteiger partial charge in [0.25, 0.3) is 0 Å². The lowest BCUT2D eigenvalue weighted by atomic mass is 10.2. The summed E-state index contributed by atoms with van der Waals surface area (Å²) in [6.07, 6.45) is 1.35. The lowest BCUT2D eigenvalue weighted by Crippen LogP contribution is -2.43. The summed E-state index contributed by atoms with van der Waals surface area (Å²) in [6, 6.07) is 7.53. The van der Waals surface area contributed by atoms with Crippen molar-refractivity contribution in [2.75, 3.05) is 18.1 Å². The maximum Gasteiger partial charge on any atom is 0.242 e. The third kappa shape index (κ3) is 3.31. The molecule has 1 aromatic carbocycles. The molecule has 1 amide bonds. The molecule has 1 aromatic heterocycles. The maximum atomic E-state index is 12.9. The Bertz CT molecular complexity index is 857. The summed E-state index contributed by atoms with van der Waals surface area (Å²) in [5.41, 5.74) is 1.80. The number of rotatable bonds is 5. The molecule has 0 saturated carbocycles. The Morgan fingerprint density at radius 3 is 2.79 bits per heavy atom. The number of aromatic nitrogens is 2. The van der Waals surface area contributed by atoms with E-state index in [1.165, 1.54) is 0 Å². The van der Waals surface area contributed by atoms with Gasteiger partial charge in [-0.1, -0.05) is 19.1 Å². The molecule has 6 nitrogen and oxygen atoms in total. The smallest absolute Gasteiger partial charge is 0.242 e. The number of nitrogens with zero attached hydrogens (tertiary/aromatic N) is 3. The van der Waals surface area contributed by atoms with E-state index in [0.29, 0.717) is 13.0 Å². The number of sulfone groups is 1. The van der Waals surface area contributed by atoms with Crippen molar-refractivity contribution in [3.05, 3.63) is 30.1 Å². The largest absolute Gasteiger partial charge is 0.337 e. The third-order valence-electron chi connectivity index (χ3n) is 4.57. The number of aryl methyl sites for hydroxylation is 1. The zero-order valence-electron chi connectivity index (χ0n) is 14.1. The molecule has 1 aliphatic heterocycles. The summed E-state index contributed by atoms with van der Waals surface area (Å²) in [4.78, 5) is 19.1. The molecular formula is C17H23N3O3S. The fourth-order valence-corrected chi connectivity index (χ4v) is 5.13. The summed E-state index contributed by atoms with van der Waals surface area (Å²) in [5.74, 6) is 1.02. The first kappa shape index (κ1) is 17.0. The molecule has 3 rings (SSSR count). The molecule has 24 heavy (non-hydrogen) atoms. The first-order valence-corrected chi connectivity index (χ1v) is 10.1. The van der Waals surface area contributed by atoms with Gasteiger partial charge in [-0.2, -0.15) is 0 Å². The van der Waals surface area contributed by atoms with E-state index in [1.807, 2.05) is 42.7 Å². The normalized spacial score (nSPS) is 19.7. The number of fused-ring (bicyclic) bond motifs is 1. The topological polar surface area (TPSA) is 72.3 Å². The number of carbonyl (C=O) groups excluding carboxylic acids is 1. The SMILES string of the molecule is CCCN(C(=O)Cn1c(C)nc2ccccc21)C1CCS(=O)(=O)C1. The number of para-hydroxylation sites is 2. The molecule has 0 N–H and O–H groups in total. The maximum absolute atomic E-state index is 12.9. The van der Waals surface area contributed by atoms with Gasteiger partial charge in [0.2, 0.25) is 5.91 Å². The van der Waals surface area contributed by atoms with Crippen LogP contribution in [0.25, 0.3) is 11.0 Å². The van der Waals surface area contributed by atoms with E-state index in [-0.39, 0.29) is 30.0 Å². The molecule has 0 radical (unpaired) electrons. The van der Waals surface area contributed by atoms with E-state index in [4.69, 9.17) is 0 Å². The Morgan fingerprint density at radius 1 is 1.38 bits per heavy atom. The lowest BCUT2D eigenvalue weighted by Gasteiger charge is -2.28. The van der Waals surface area contributed by atoms with Crippen LogP contribution in [0.4, 0.5) is 0 Å². The zero-order valence-corrected chi connectivity index (χ0v) is 14.9. The molecule has 0 bridgehead atoms. The van der Waals surface area contributed by atoms with E-state index in [9.17, 15) is 13.2 Å². The van der Waals surface area contributed by atoms with E-state index < -0.39 is 9.84 Å². The second-order valence-electron chi connectivity index (χ2n) is 6.38. The quantitative estimate of drug-likeness (QED) is 0.825. The van der Waals surface area contributed by atoms with Gasteiger partial charge < -0.3 is 9.47 Å². The van der Waals surface area contributed by atoms with Crippen molar-refractivity contribution in [3.8, 4) is 0 Å². The van der Waals surface area contributed by atoms with Gasteiger partial charge in [0.15, 0.2) is 9.84 Å². The van der Waals surface area contributed by atoms with Crippen molar-refractivity contribution in [2.24, 2.45) is 0 Å². The minimum atomic E-state index is -3.01. The van der Waals surface area contributed by atoms with E-state index >= 15 is 0 Å². The highest BCUT2D eigenvalue weighted by Gasteiger charge is 2.34. The Kier molecular flexibility index (Phi) is 4.62. The monoisotopic (exact) mass is 349 g/mol. The van der Waals surface area contributed by atoms with Crippen LogP contribution >= 0.6 is 0 Å². The van der Waals surface area contributed by atoms with Crippen LogP contribution in [-0.2, 0) is 21.2 Å². The average Bonchev–Trinajstić information content (AvgIpc) is 3.05. The fraction of sp³-hybridized carbons (Fsp3) is 0.529. The van der Waals surface area contributed by atoms with Crippen LogP contribution in [0.3, 0.4) is 0 Å². The summed E-state index contributed by atoms with van der Waals surface area (Å²) in [7, 11) is -3.01. The van der Waals surface area contributed by atoms with Gasteiger partial charge in [-0.05, 0) is 31.9 Å². The molecule has 1 unspecified atom stereocenters. The Hall–Kier alpha value is -1.89. The molecule has 2 heterocycles. The van der Waals surface area contributed by atoms with E-state index in [0.717, 1.165) is 23.3 Å². The molecule has 1 fully saturated rings. The summed E-state index contributed by atoms with van der Waals surface area (Å²) in [5, 5.41) is 0. The van der Waals surface area contributed by atoms with Crippen molar-refractivity contribution >= 4 is 26.8 Å². The first-order valence-electron chi connectivity index (χ1n) is 8.33. The number of hydrogen-bond donors (Lipinski definition) is 0. The van der Waals surface area contributed by atoms with Gasteiger partial charge in [-0.25, -0.2) is 13.4 Å². The first-order chi connectivity index (χ1) is 11.4. The molecule has 1 saturated heterocycles. The number of imidazole rings is 1. The highest BCUT2D eigenvalue weighted by atomic mass is 32.2. The van der Waals surface area contributed by atoms with Crippen LogP contribution in [-0.4, -0.2) is 52.9 Å². The van der Waals surface area contributed by atoms with E-state index in [2.05, 4.69) is 4.98 Å². The van der Waals surface area contributed by atoms with Gasteiger partial charge in [0.05, 0.1) is 22.5 Å². The Labute approximate surface area is 142 Å². The number of carbonyl (C=O) groups is 1. The highest BCUT2D eigenvalue weighted by Crippen LogP contribution is 2.20. The summed E-state index contributed by atoms with van der Waals surface area (Å²) < 4.78 is 25.4. The van der Waals surface area contributed by atoms with Crippen LogP contribution < -0.4 is 0 Å². The number of benzene rings is 1. The van der Waals surface area contributed by atoms with Gasteiger partial charge in [-0.15, -0.1) is 0 Å². The Balaban J connectivity index is 1.84. The molecular weight excluding hydrogens is 326 g/mol. The second-order valence-corrected chi connectivity index (χ2v) is 8.61. The van der Waals surface area contributed by atoms with Crippen LogP contribution in [0.1, 0.15) is 25.6 Å². The van der Waals surface area contributed by atoms with Crippen LogP contribution in [0.5, 0.6) is 0 Å². The van der Waals surface area contributed by atoms with Gasteiger partial charge in [0.1, 0.15) is 12.4 Å². The van der Waals surface area contributed by atoms with Crippen molar-refractivity contribution in [1.82, 2.24) is 14.5 Å². The Morgan fingerprint density at radius 2 is 2.12 bits per heavy atom. The minimum Gasteiger partial charge on any atom is -0.337 e. The third-order valence-corrected chi connectivity index (χ3v) is 6.32. The average molecular weight is 349 g/mol. The molecule has 0 aliphatic carbocycles. The predicted octanol–water partition coefficient (Wildman–Crippen LogP) is 1.77. The van der Waals surface area contributed by atoms with Gasteiger partial charge >= 0.3 is 0 Å². The molecule has 7 heteroatoms. The van der Waals surface area contributed by atoms with Crippen LogP contribution in [0.2, 0.25) is 0 Å². The molecule has 1 atom stereocenters.